The lowest BCUT2D eigenvalue weighted by atomic mass is 10.0. The van der Waals surface area contributed by atoms with Crippen LogP contribution >= 0.6 is 0 Å². The van der Waals surface area contributed by atoms with E-state index in [1.54, 1.807) is 7.05 Å². The van der Waals surface area contributed by atoms with Crippen LogP contribution in [0, 0.1) is 0 Å². The van der Waals surface area contributed by atoms with Gasteiger partial charge < -0.3 is 0 Å². The van der Waals surface area contributed by atoms with E-state index in [4.69, 9.17) is 0 Å². The summed E-state index contributed by atoms with van der Waals surface area (Å²) in [7, 11) is -1.55. The average Bonchev–Trinajstić information content (AvgIpc) is 2.88. The van der Waals surface area contributed by atoms with Crippen LogP contribution in [0.3, 0.4) is 0 Å². The highest BCUT2D eigenvalue weighted by Gasteiger charge is 2.29. The molecule has 1 aliphatic carbocycles. The summed E-state index contributed by atoms with van der Waals surface area (Å²) in [5.41, 5.74) is 3.03. The van der Waals surface area contributed by atoms with Gasteiger partial charge in [0.25, 0.3) is 0 Å². The molecular formula is C17H25NO3S. The smallest absolute Gasteiger partial charge is 0.211 e. The molecule has 0 saturated heterocycles. The number of hydrogen-bond acceptors (Lipinski definition) is 3. The predicted octanol–water partition coefficient (Wildman–Crippen LogP) is 2.81. The minimum absolute atomic E-state index is 0.0320. The Morgan fingerprint density at radius 3 is 2.55 bits per heavy atom. The van der Waals surface area contributed by atoms with Crippen LogP contribution in [0.1, 0.15) is 54.1 Å². The van der Waals surface area contributed by atoms with Crippen molar-refractivity contribution in [3.8, 4) is 0 Å². The highest BCUT2D eigenvalue weighted by molar-refractivity contribution is 7.88. The van der Waals surface area contributed by atoms with Gasteiger partial charge in [-0.15, -0.1) is 0 Å². The second-order valence-corrected chi connectivity index (χ2v) is 8.25. The van der Waals surface area contributed by atoms with Crippen LogP contribution in [0.5, 0.6) is 0 Å². The normalized spacial score (nSPS) is 17.7. The summed E-state index contributed by atoms with van der Waals surface area (Å²) in [5.74, 6) is 0.191. The minimum Gasteiger partial charge on any atom is -0.294 e. The largest absolute Gasteiger partial charge is 0.294 e. The molecule has 0 radical (unpaired) electrons. The van der Waals surface area contributed by atoms with Crippen LogP contribution in [-0.2, 0) is 22.9 Å². The molecule has 1 aromatic rings. The highest BCUT2D eigenvalue weighted by Crippen LogP contribution is 2.27. The fraction of sp³-hybridized carbons (Fsp3) is 0.588. The first kappa shape index (κ1) is 17.2. The van der Waals surface area contributed by atoms with Gasteiger partial charge in [0.1, 0.15) is 0 Å². The second-order valence-electron chi connectivity index (χ2n) is 6.21. The Labute approximate surface area is 133 Å². The standard InChI is InChI=1S/C17H25NO3S/c1-4-5-6-7-17(19)14-9-8-13-11-16(12-15(13)10-14)18(2)22(3,20)21/h8-10,16H,4-7,11-12H2,1-3H3. The lowest BCUT2D eigenvalue weighted by molar-refractivity contribution is 0.0979. The molecule has 122 valence electrons. The van der Waals surface area contributed by atoms with Crippen LogP contribution in [0.25, 0.3) is 0 Å². The minimum atomic E-state index is -3.18. The number of fused-ring (bicyclic) bond motifs is 1. The van der Waals surface area contributed by atoms with Gasteiger partial charge in [-0.1, -0.05) is 31.9 Å². The first-order valence-electron chi connectivity index (χ1n) is 7.91. The van der Waals surface area contributed by atoms with Crippen molar-refractivity contribution in [3.63, 3.8) is 0 Å². The van der Waals surface area contributed by atoms with Crippen molar-refractivity contribution in [1.82, 2.24) is 4.31 Å². The lowest BCUT2D eigenvalue weighted by Crippen LogP contribution is -2.36. The molecule has 0 saturated carbocycles. The molecule has 1 atom stereocenters. The van der Waals surface area contributed by atoms with E-state index in [2.05, 4.69) is 6.92 Å². The Morgan fingerprint density at radius 2 is 1.91 bits per heavy atom. The van der Waals surface area contributed by atoms with Gasteiger partial charge in [0, 0.05) is 25.1 Å². The van der Waals surface area contributed by atoms with Gasteiger partial charge in [0.05, 0.1) is 6.26 Å². The number of nitrogens with zero attached hydrogens (tertiary/aromatic N) is 1. The van der Waals surface area contributed by atoms with Crippen LogP contribution in [0.15, 0.2) is 18.2 Å². The fourth-order valence-electron chi connectivity index (χ4n) is 2.98. The number of carbonyl (C=O) groups is 1. The van der Waals surface area contributed by atoms with E-state index >= 15 is 0 Å². The number of unbranched alkanes of at least 4 members (excludes halogenated alkanes) is 2. The topological polar surface area (TPSA) is 54.5 Å². The molecule has 0 aromatic heterocycles. The van der Waals surface area contributed by atoms with Gasteiger partial charge in [-0.2, -0.15) is 0 Å². The fourth-order valence-corrected chi connectivity index (χ4v) is 3.67. The van der Waals surface area contributed by atoms with E-state index in [9.17, 15) is 13.2 Å². The molecule has 1 unspecified atom stereocenters. The van der Waals surface area contributed by atoms with Gasteiger partial charge in [-0.25, -0.2) is 12.7 Å². The van der Waals surface area contributed by atoms with Crippen LogP contribution < -0.4 is 0 Å². The summed E-state index contributed by atoms with van der Waals surface area (Å²) in [6.07, 6.45) is 6.37. The van der Waals surface area contributed by atoms with E-state index < -0.39 is 10.0 Å². The number of benzene rings is 1. The molecule has 0 aliphatic heterocycles. The van der Waals surface area contributed by atoms with Gasteiger partial charge in [0.2, 0.25) is 10.0 Å². The zero-order valence-corrected chi connectivity index (χ0v) is 14.4. The number of hydrogen-bond donors (Lipinski definition) is 0. The van der Waals surface area contributed by atoms with Crippen LogP contribution in [0.4, 0.5) is 0 Å². The van der Waals surface area contributed by atoms with Crippen molar-refractivity contribution >= 4 is 15.8 Å². The molecule has 1 aliphatic rings. The third-order valence-electron chi connectivity index (χ3n) is 4.48. The zero-order valence-electron chi connectivity index (χ0n) is 13.6. The Kier molecular flexibility index (Phi) is 5.40. The third-order valence-corrected chi connectivity index (χ3v) is 5.83. The first-order valence-corrected chi connectivity index (χ1v) is 9.75. The average molecular weight is 323 g/mol. The summed E-state index contributed by atoms with van der Waals surface area (Å²) >= 11 is 0. The summed E-state index contributed by atoms with van der Waals surface area (Å²) in [4.78, 5) is 12.2. The molecule has 22 heavy (non-hydrogen) atoms. The molecule has 0 spiro atoms. The van der Waals surface area contributed by atoms with E-state index in [0.717, 1.165) is 42.4 Å². The first-order chi connectivity index (χ1) is 10.3. The SMILES string of the molecule is CCCCCC(=O)c1ccc2c(c1)CC(N(C)S(C)(=O)=O)C2. The molecule has 2 rings (SSSR count). The van der Waals surface area contributed by atoms with Gasteiger partial charge in [-0.3, -0.25) is 4.79 Å². The molecule has 0 bridgehead atoms. The van der Waals surface area contributed by atoms with Crippen molar-refractivity contribution in [1.29, 1.82) is 0 Å². The van der Waals surface area contributed by atoms with Crippen LogP contribution in [-0.4, -0.2) is 37.9 Å². The monoisotopic (exact) mass is 323 g/mol. The molecule has 5 heteroatoms. The van der Waals surface area contributed by atoms with Gasteiger partial charge >= 0.3 is 0 Å². The summed E-state index contributed by atoms with van der Waals surface area (Å²) in [6.45, 7) is 2.12. The quantitative estimate of drug-likeness (QED) is 0.573. The summed E-state index contributed by atoms with van der Waals surface area (Å²) < 4.78 is 24.8. The van der Waals surface area contributed by atoms with Crippen molar-refractivity contribution in [2.24, 2.45) is 0 Å². The Bertz CT molecular complexity index is 652. The molecular weight excluding hydrogens is 298 g/mol. The number of sulfonamides is 1. The Balaban J connectivity index is 2.08. The zero-order chi connectivity index (χ0) is 16.3. The molecule has 0 amide bonds. The second kappa shape index (κ2) is 6.92. The lowest BCUT2D eigenvalue weighted by Gasteiger charge is -2.21. The number of ketones is 1. The van der Waals surface area contributed by atoms with Crippen molar-refractivity contribution in [3.05, 3.63) is 34.9 Å². The maximum Gasteiger partial charge on any atom is 0.211 e. The molecule has 0 N–H and O–H groups in total. The third kappa shape index (κ3) is 3.96. The number of Topliss-reactive ketones (excluding diaryl/α,β-unsaturated/α-hetero) is 1. The van der Waals surface area contributed by atoms with Crippen molar-refractivity contribution < 1.29 is 13.2 Å². The molecule has 4 nitrogen and oxygen atoms in total. The summed E-state index contributed by atoms with van der Waals surface area (Å²) in [6, 6.07) is 5.80. The number of rotatable bonds is 7. The summed E-state index contributed by atoms with van der Waals surface area (Å²) in [5, 5.41) is 0. The maximum atomic E-state index is 12.2. The van der Waals surface area contributed by atoms with Gasteiger partial charge in [0.15, 0.2) is 5.78 Å². The van der Waals surface area contributed by atoms with Crippen molar-refractivity contribution in [2.75, 3.05) is 13.3 Å². The van der Waals surface area contributed by atoms with E-state index in [-0.39, 0.29) is 11.8 Å². The van der Waals surface area contributed by atoms with Crippen molar-refractivity contribution in [2.45, 2.75) is 51.5 Å². The van der Waals surface area contributed by atoms with E-state index in [1.807, 2.05) is 18.2 Å². The Morgan fingerprint density at radius 1 is 1.23 bits per heavy atom. The maximum absolute atomic E-state index is 12.2. The van der Waals surface area contributed by atoms with E-state index in [1.165, 1.54) is 10.6 Å². The van der Waals surface area contributed by atoms with Gasteiger partial charge in [-0.05, 0) is 36.5 Å². The Hall–Kier alpha value is -1.20. The molecule has 1 aromatic carbocycles. The van der Waals surface area contributed by atoms with E-state index in [0.29, 0.717) is 12.8 Å². The number of likely N-dealkylation sites (N-methyl/N-ethyl adjacent to an activating group) is 1. The molecule has 0 heterocycles. The number of carbonyl (C=O) groups excluding carboxylic acids is 1. The highest BCUT2D eigenvalue weighted by atomic mass is 32.2. The predicted molar refractivity (Wildman–Crippen MR) is 88.7 cm³/mol. The molecule has 0 fully saturated rings. The van der Waals surface area contributed by atoms with Crippen LogP contribution in [0.2, 0.25) is 0 Å².